The Kier molecular flexibility index (Phi) is 7.36. The largest absolute Gasteiger partial charge is 0.477 e. The highest BCUT2D eigenvalue weighted by molar-refractivity contribution is 7.90. The van der Waals surface area contributed by atoms with Crippen LogP contribution in [0.5, 0.6) is 5.88 Å². The fourth-order valence-corrected chi connectivity index (χ4v) is 6.42. The minimum Gasteiger partial charge on any atom is -0.477 e. The van der Waals surface area contributed by atoms with E-state index >= 15 is 0 Å². The minimum atomic E-state index is -4.26. The zero-order valence-corrected chi connectivity index (χ0v) is 24.2. The first kappa shape index (κ1) is 29.6. The average molecular weight is 608 g/mol. The summed E-state index contributed by atoms with van der Waals surface area (Å²) in [4.78, 5) is 19.9. The van der Waals surface area contributed by atoms with Gasteiger partial charge in [0.05, 0.1) is 23.3 Å². The lowest BCUT2D eigenvalue weighted by atomic mass is 9.96. The molecule has 1 saturated heterocycles. The van der Waals surface area contributed by atoms with Crippen LogP contribution in [0.4, 0.5) is 19.0 Å². The van der Waals surface area contributed by atoms with E-state index in [-0.39, 0.29) is 59.6 Å². The number of ether oxygens (including phenoxy) is 1. The summed E-state index contributed by atoms with van der Waals surface area (Å²) in [6.07, 6.45) is 1.10. The van der Waals surface area contributed by atoms with Gasteiger partial charge in [0.2, 0.25) is 5.88 Å². The first-order chi connectivity index (χ1) is 19.7. The maximum absolute atomic E-state index is 13.4. The molecule has 0 radical (unpaired) electrons. The number of sulfonamides is 1. The van der Waals surface area contributed by atoms with Crippen LogP contribution in [0.1, 0.15) is 55.6 Å². The average Bonchev–Trinajstić information content (AvgIpc) is 3.20. The number of hydrogen-bond acceptors (Lipinski definition) is 8. The van der Waals surface area contributed by atoms with E-state index in [0.717, 1.165) is 6.42 Å². The van der Waals surface area contributed by atoms with Gasteiger partial charge in [-0.3, -0.25) is 9.89 Å². The lowest BCUT2D eigenvalue weighted by molar-refractivity contribution is -0.190. The van der Waals surface area contributed by atoms with Crippen LogP contribution in [-0.4, -0.2) is 64.2 Å². The smallest absolute Gasteiger partial charge is 0.394 e. The number of carbonyl (C=O) groups excluding carboxylic acids is 1. The summed E-state index contributed by atoms with van der Waals surface area (Å²) in [6, 6.07) is 4.48. The van der Waals surface area contributed by atoms with Crippen molar-refractivity contribution in [2.75, 3.05) is 18.1 Å². The molecule has 2 fully saturated rings. The summed E-state index contributed by atoms with van der Waals surface area (Å²) in [6.45, 7) is 9.74. The second kappa shape index (κ2) is 10.4. The third-order valence-corrected chi connectivity index (χ3v) is 9.44. The molecule has 11 nitrogen and oxygen atoms in total. The van der Waals surface area contributed by atoms with E-state index < -0.39 is 33.1 Å². The van der Waals surface area contributed by atoms with Crippen LogP contribution in [0.3, 0.4) is 0 Å². The van der Waals surface area contributed by atoms with Gasteiger partial charge in [-0.1, -0.05) is 6.08 Å². The van der Waals surface area contributed by atoms with Crippen molar-refractivity contribution >= 4 is 21.7 Å². The number of halogens is 3. The molecule has 2 aliphatic rings. The number of pyridine rings is 1. The highest BCUT2D eigenvalue weighted by Gasteiger charge is 2.62. The Morgan fingerprint density at radius 2 is 2.02 bits per heavy atom. The second-order valence-electron chi connectivity index (χ2n) is 11.4. The molecule has 3 aromatic rings. The molecular weight excluding hydrogens is 575 g/mol. The number of aromatic nitrogens is 5. The Morgan fingerprint density at radius 1 is 1.29 bits per heavy atom. The van der Waals surface area contributed by atoms with Crippen molar-refractivity contribution in [1.82, 2.24) is 29.7 Å². The van der Waals surface area contributed by atoms with Crippen LogP contribution in [0.15, 0.2) is 48.1 Å². The zero-order chi connectivity index (χ0) is 30.5. The summed E-state index contributed by atoms with van der Waals surface area (Å²) >= 11 is 0. The molecule has 4 heterocycles. The van der Waals surface area contributed by atoms with Gasteiger partial charge in [0.15, 0.2) is 5.82 Å². The predicted octanol–water partition coefficient (Wildman–Crippen LogP) is 4.32. The second-order valence-corrected chi connectivity index (χ2v) is 13.1. The molecule has 15 heteroatoms. The van der Waals surface area contributed by atoms with E-state index in [1.807, 2.05) is 24.8 Å². The number of amides is 1. The molecule has 42 heavy (non-hydrogen) atoms. The lowest BCUT2D eigenvalue weighted by Crippen LogP contribution is -2.41. The van der Waals surface area contributed by atoms with E-state index in [1.165, 1.54) is 36.0 Å². The molecule has 1 amide bonds. The summed E-state index contributed by atoms with van der Waals surface area (Å²) in [7, 11) is -4.22. The number of nitrogens with one attached hydrogen (secondary N) is 2. The molecular formula is C27H32F3N7O4S. The number of hydrogen-bond donors (Lipinski definition) is 2. The van der Waals surface area contributed by atoms with Crippen LogP contribution >= 0.6 is 0 Å². The number of alkyl halides is 3. The van der Waals surface area contributed by atoms with Crippen LogP contribution in [0, 0.1) is 18.3 Å². The highest BCUT2D eigenvalue weighted by atomic mass is 32.2. The summed E-state index contributed by atoms with van der Waals surface area (Å²) in [5, 5.41) is 10.6. The Labute approximate surface area is 241 Å². The molecule has 1 aliphatic heterocycles. The Balaban J connectivity index is 1.42. The van der Waals surface area contributed by atoms with Gasteiger partial charge in [-0.2, -0.15) is 18.3 Å². The molecule has 0 spiro atoms. The lowest BCUT2D eigenvalue weighted by Gasteiger charge is -2.33. The molecule has 1 atom stereocenters. The van der Waals surface area contributed by atoms with Gasteiger partial charge in [-0.05, 0) is 64.5 Å². The van der Waals surface area contributed by atoms with E-state index in [2.05, 4.69) is 26.6 Å². The third-order valence-electron chi connectivity index (χ3n) is 7.99. The molecule has 1 aliphatic carbocycles. The quantitative estimate of drug-likeness (QED) is 0.326. The maximum Gasteiger partial charge on any atom is 0.394 e. The normalized spacial score (nSPS) is 19.5. The highest BCUT2D eigenvalue weighted by Crippen LogP contribution is 2.59. The van der Waals surface area contributed by atoms with Crippen LogP contribution < -0.4 is 14.4 Å². The summed E-state index contributed by atoms with van der Waals surface area (Å²) in [5.41, 5.74) is -1.87. The molecule has 1 unspecified atom stereocenters. The maximum atomic E-state index is 13.4. The Hall–Kier alpha value is -3.88. The van der Waals surface area contributed by atoms with Gasteiger partial charge < -0.3 is 9.64 Å². The standard InChI is InChI=1S/C27H32F3N7O4S/c1-5-18-14-25(3,4)36(16-18)23-19(24(38)35-42(39,40)20-15-31-33-17(20)2)6-7-21(32-23)37-12-8-22(34-37)41-13-11-26(9-10-26)27(28,29)30/h5-8,12,15,18H,1,9-11,13-14,16H2,2-4H3,(H,31,33)(H,35,38). The molecule has 226 valence electrons. The minimum absolute atomic E-state index is 0.0340. The fraction of sp³-hybridized carbons (Fsp3) is 0.481. The number of aryl methyl sites for hydroxylation is 1. The van der Waals surface area contributed by atoms with Crippen molar-refractivity contribution < 1.29 is 31.1 Å². The molecule has 0 bridgehead atoms. The SMILES string of the molecule is C=CC1CN(c2nc(-n3ccc(OCCC4(C(F)(F)F)CC4)n3)ccc2C(=O)NS(=O)(=O)c2c[nH]nc2C)C(C)(C)C1. The number of nitrogens with zero attached hydrogens (tertiary/aromatic N) is 5. The molecule has 3 aromatic heterocycles. The first-order valence-corrected chi connectivity index (χ1v) is 14.9. The zero-order valence-electron chi connectivity index (χ0n) is 23.4. The Morgan fingerprint density at radius 3 is 2.62 bits per heavy atom. The summed E-state index contributed by atoms with van der Waals surface area (Å²) < 4.78 is 74.5. The predicted molar refractivity (Wildman–Crippen MR) is 147 cm³/mol. The van der Waals surface area contributed by atoms with Crippen molar-refractivity contribution in [3.63, 3.8) is 0 Å². The summed E-state index contributed by atoms with van der Waals surface area (Å²) in [5.74, 6) is -0.0810. The van der Waals surface area contributed by atoms with Crippen molar-refractivity contribution in [3.8, 4) is 11.7 Å². The van der Waals surface area contributed by atoms with E-state index in [9.17, 15) is 26.4 Å². The van der Waals surface area contributed by atoms with E-state index in [4.69, 9.17) is 9.72 Å². The van der Waals surface area contributed by atoms with Gasteiger partial charge in [0.25, 0.3) is 15.9 Å². The van der Waals surface area contributed by atoms with Gasteiger partial charge in [-0.25, -0.2) is 22.8 Å². The van der Waals surface area contributed by atoms with Gasteiger partial charge >= 0.3 is 6.18 Å². The van der Waals surface area contributed by atoms with Crippen molar-refractivity contribution in [2.24, 2.45) is 11.3 Å². The van der Waals surface area contributed by atoms with Gasteiger partial charge in [0.1, 0.15) is 10.7 Å². The monoisotopic (exact) mass is 607 g/mol. The molecule has 1 saturated carbocycles. The van der Waals surface area contributed by atoms with Crippen LogP contribution in [-0.2, 0) is 10.0 Å². The van der Waals surface area contributed by atoms with E-state index in [1.54, 1.807) is 6.20 Å². The topological polar surface area (TPSA) is 135 Å². The first-order valence-electron chi connectivity index (χ1n) is 13.4. The van der Waals surface area contributed by atoms with Crippen molar-refractivity contribution in [1.29, 1.82) is 0 Å². The number of carbonyl (C=O) groups is 1. The van der Waals surface area contributed by atoms with E-state index in [0.29, 0.717) is 12.4 Å². The number of anilines is 1. The van der Waals surface area contributed by atoms with Crippen molar-refractivity contribution in [2.45, 2.75) is 63.1 Å². The number of aromatic amines is 1. The van der Waals surface area contributed by atoms with Crippen LogP contribution in [0.2, 0.25) is 0 Å². The molecule has 2 N–H and O–H groups in total. The Bertz CT molecular complexity index is 1610. The molecule has 5 rings (SSSR count). The van der Waals surface area contributed by atoms with Gasteiger partial charge in [-0.15, -0.1) is 11.7 Å². The number of H-pyrrole nitrogens is 1. The van der Waals surface area contributed by atoms with Crippen LogP contribution in [0.25, 0.3) is 5.82 Å². The third kappa shape index (κ3) is 5.61. The number of rotatable bonds is 10. The van der Waals surface area contributed by atoms with Crippen molar-refractivity contribution in [3.05, 3.63) is 54.5 Å². The van der Waals surface area contributed by atoms with Gasteiger partial charge in [0, 0.05) is 30.5 Å². The molecule has 0 aromatic carbocycles. The fourth-order valence-electron chi connectivity index (χ4n) is 5.32.